The molecule has 9 aromatic carbocycles. The van der Waals surface area contributed by atoms with E-state index in [0.717, 1.165) is 67.4 Å². The van der Waals surface area contributed by atoms with E-state index in [4.69, 9.17) is 5.11 Å². The van der Waals surface area contributed by atoms with Gasteiger partial charge in [0.1, 0.15) is 52.0 Å². The average molecular weight is 2640 g/mol. The van der Waals surface area contributed by atoms with Gasteiger partial charge in [0.25, 0.3) is 0 Å². The second-order valence-electron chi connectivity index (χ2n) is 30.1. The molecule has 0 saturated heterocycles. The Labute approximate surface area is 838 Å². The van der Waals surface area contributed by atoms with Crippen LogP contribution in [0.1, 0.15) is 181 Å². The van der Waals surface area contributed by atoms with Gasteiger partial charge >= 0.3 is 0 Å². The van der Waals surface area contributed by atoms with Crippen molar-refractivity contribution in [2.45, 2.75) is 155 Å². The van der Waals surface area contributed by atoms with Crippen molar-refractivity contribution in [3.8, 4) is 56.3 Å². The summed E-state index contributed by atoms with van der Waals surface area (Å²) in [7, 11) is 0. The number of rotatable bonds is 20. The summed E-state index contributed by atoms with van der Waals surface area (Å²) in [5.41, 5.74) is 18.3. The Balaban J connectivity index is 0.00000147. The van der Waals surface area contributed by atoms with Crippen LogP contribution in [0, 0.1) is 58.0 Å². The van der Waals surface area contributed by atoms with E-state index in [1.54, 1.807) is 55.8 Å². The van der Waals surface area contributed by atoms with Gasteiger partial charge in [-0.3, -0.25) is 52.7 Å². The second-order valence-corrected chi connectivity index (χ2v) is 30.1. The zero-order valence-corrected chi connectivity index (χ0v) is 88.1. The number of hydrogen-bond acceptors (Lipinski definition) is 17. The number of benzene rings is 9. The largest absolute Gasteiger partial charge is 0.393 e. The summed E-state index contributed by atoms with van der Waals surface area (Å²) < 4.78 is 0. The van der Waals surface area contributed by atoms with Crippen LogP contribution in [-0.2, 0) is 144 Å². The van der Waals surface area contributed by atoms with E-state index >= 15 is 0 Å². The van der Waals surface area contributed by atoms with Crippen LogP contribution in [0.4, 0.5) is 0 Å². The monoisotopic (exact) mass is 2640 g/mol. The molecule has 0 aliphatic heterocycles. The summed E-state index contributed by atoms with van der Waals surface area (Å²) in [5.74, 6) is 0.0423. The number of nitrogens with zero attached hydrogens (tertiary/aromatic N) is 5. The van der Waals surface area contributed by atoms with Crippen molar-refractivity contribution in [1.29, 1.82) is 0 Å². The first kappa shape index (κ1) is 120. The SMILES string of the molecule is CC(=O)CC(C)=O.CC(=O)CC(C)=O.CC(=O)CC(C)=O.CC(=O)CC(C)=O.CC(=O)CC(C)O.Cc1[c-]c(-c2cc3c(C(C)C)cccc3cn2)cc(C)c1.Cc1[c-]c(-c2cc3ccccc3cn2)cc(C)c1.O=C(c1ccccc1)c1cc[c-]c(-c2ccccn2)c1.O=C(c1ccccc1)c1ccc(-c2[c-]cccc2)nc1.[Ir].[Ir].[Ir].[Ir].[Ir].[c-]1ccccc1-c1ccccn1. The summed E-state index contributed by atoms with van der Waals surface area (Å²) in [4.78, 5) is 137. The smallest absolute Gasteiger partial charge is 0.194 e. The van der Waals surface area contributed by atoms with Crippen molar-refractivity contribution in [2.24, 2.45) is 0 Å². The number of aryl methyl sites for hydroxylation is 4. The van der Waals surface area contributed by atoms with Gasteiger partial charge < -0.3 is 30.0 Å². The molecule has 691 valence electrons. The maximum atomic E-state index is 12.4. The third-order valence-corrected chi connectivity index (χ3v) is 17.2. The minimum absolute atomic E-state index is 0. The van der Waals surface area contributed by atoms with Gasteiger partial charge in [-0.15, -0.1) is 171 Å². The normalized spacial score (nSPS) is 9.79. The van der Waals surface area contributed by atoms with Crippen LogP contribution >= 0.6 is 0 Å². The number of carbonyl (C=O) groups excluding carboxylic acids is 11. The molecule has 22 heteroatoms. The number of pyridine rings is 5. The predicted octanol–water partition coefficient (Wildman–Crippen LogP) is 22.4. The summed E-state index contributed by atoms with van der Waals surface area (Å²) in [6.07, 6.45) is 9.17. The van der Waals surface area contributed by atoms with Gasteiger partial charge in [0.15, 0.2) is 11.6 Å². The van der Waals surface area contributed by atoms with Crippen LogP contribution in [0.2, 0.25) is 0 Å². The first-order chi connectivity index (χ1) is 60.0. The first-order valence-corrected chi connectivity index (χ1v) is 40.9. The van der Waals surface area contributed by atoms with Gasteiger partial charge in [-0.05, 0) is 143 Å². The van der Waals surface area contributed by atoms with Crippen LogP contribution in [0.3, 0.4) is 0 Å². The number of aliphatic hydroxyl groups excluding tert-OH is 1. The van der Waals surface area contributed by atoms with Gasteiger partial charge in [0.05, 0.1) is 31.8 Å². The maximum Gasteiger partial charge on any atom is 0.194 e. The van der Waals surface area contributed by atoms with E-state index in [1.165, 1.54) is 101 Å². The molecule has 1 N–H and O–H groups in total. The van der Waals surface area contributed by atoms with Crippen molar-refractivity contribution in [1.82, 2.24) is 24.9 Å². The van der Waals surface area contributed by atoms with E-state index in [1.807, 2.05) is 164 Å². The van der Waals surface area contributed by atoms with Gasteiger partial charge in [-0.1, -0.05) is 199 Å². The molecule has 14 aromatic rings. The van der Waals surface area contributed by atoms with Crippen LogP contribution in [0.25, 0.3) is 77.8 Å². The standard InChI is InChI=1S/C20H20N.2C18H12NO.C17H14N.C11H8N.C5H10O2.4C5H8O2.5Ir/c1-13(2)18-7-5-6-16-12-21-20(11-19(16)18)17-9-14(3)8-15(4)10-17;20-18(15-9-5-2-6-10-15)16-11-12-17(19-13-16)14-7-3-1-4-8-14;20-18(14-7-2-1-3-8-14)16-10-6-9-15(13-16)17-11-4-5-12-19-17;1-12-7-13(2)9-16(8-12)17-10-14-5-3-4-6-15(14)11-18-17;1-2-6-10(7-3-1)11-8-4-5-9-12-11;5*1-4(6)3-5(2)7;;;;;/h5-9,11-13H,1-4H3;1-7,9-13H;1-8,10-13H;3-8,10-11H,1-2H3;1-6,8-9H;4,6H,3H2,1-2H3;4*3H2,1-2H3;;;;;/q5*-1;;;;;;;;;;. The van der Waals surface area contributed by atoms with E-state index in [9.17, 15) is 52.7 Å². The van der Waals surface area contributed by atoms with E-state index in [0.29, 0.717) is 28.2 Å². The number of aliphatic hydroxyl groups is 1. The molecule has 5 aromatic heterocycles. The summed E-state index contributed by atoms with van der Waals surface area (Å²) in [6, 6.07) is 98.3. The van der Waals surface area contributed by atoms with Crippen LogP contribution in [0.5, 0.6) is 0 Å². The molecule has 0 aliphatic carbocycles. The molecule has 0 bridgehead atoms. The Morgan fingerprint density at radius 2 is 0.672 bits per heavy atom. The Bertz CT molecular complexity index is 5680. The fraction of sp³-hybridized carbons (Fsp3) is 0.211. The molecule has 0 spiro atoms. The van der Waals surface area contributed by atoms with Crippen molar-refractivity contribution in [2.75, 3.05) is 0 Å². The minimum atomic E-state index is -0.475. The minimum Gasteiger partial charge on any atom is -0.393 e. The third-order valence-electron chi connectivity index (χ3n) is 17.2. The second kappa shape index (κ2) is 65.4. The number of hydrogen-bond donors (Lipinski definition) is 1. The van der Waals surface area contributed by atoms with Crippen molar-refractivity contribution >= 4 is 85.2 Å². The van der Waals surface area contributed by atoms with Gasteiger partial charge in [-0.25, -0.2) is 0 Å². The van der Waals surface area contributed by atoms with E-state index in [-0.39, 0.29) is 196 Å². The Hall–Kier alpha value is -11.2. The average Bonchev–Trinajstić information content (AvgIpc) is 0.792. The third kappa shape index (κ3) is 48.0. The number of Topliss-reactive ketones (excluding diaryl/α,β-unsaturated/α-hetero) is 9. The van der Waals surface area contributed by atoms with Crippen molar-refractivity contribution in [3.63, 3.8) is 0 Å². The summed E-state index contributed by atoms with van der Waals surface area (Å²) in [5, 5.41) is 13.4. The Morgan fingerprint density at radius 3 is 1.04 bits per heavy atom. The molecule has 5 radical (unpaired) electrons. The van der Waals surface area contributed by atoms with Gasteiger partial charge in [0.2, 0.25) is 0 Å². The fourth-order valence-corrected chi connectivity index (χ4v) is 12.1. The Morgan fingerprint density at radius 1 is 0.298 bits per heavy atom. The molecule has 14 rings (SSSR count). The molecule has 5 heterocycles. The molecule has 0 aliphatic rings. The van der Waals surface area contributed by atoms with Gasteiger partial charge in [0, 0.05) is 155 Å². The number of fused-ring (bicyclic) bond motifs is 2. The van der Waals surface area contributed by atoms with Crippen LogP contribution in [-0.4, -0.2) is 99.7 Å². The van der Waals surface area contributed by atoms with E-state index in [2.05, 4.69) is 170 Å². The quantitative estimate of drug-likeness (QED) is 0.0422. The number of carbonyl (C=O) groups is 11. The summed E-state index contributed by atoms with van der Waals surface area (Å²) in [6.45, 7) is 27.1. The Kier molecular flexibility index (Phi) is 59.8. The molecule has 0 saturated carbocycles. The van der Waals surface area contributed by atoms with Crippen LogP contribution < -0.4 is 0 Å². The molecule has 1 unspecified atom stereocenters. The topological polar surface area (TPSA) is 272 Å². The zero-order chi connectivity index (χ0) is 92.6. The van der Waals surface area contributed by atoms with E-state index < -0.39 is 6.10 Å². The first-order valence-electron chi connectivity index (χ1n) is 40.9. The number of aromatic nitrogens is 5. The molecule has 1 atom stereocenters. The fourth-order valence-electron chi connectivity index (χ4n) is 12.1. The molecule has 0 amide bonds. The van der Waals surface area contributed by atoms with Crippen LogP contribution in [0.15, 0.2) is 286 Å². The van der Waals surface area contributed by atoms with Crippen molar-refractivity contribution < 1.29 is 158 Å². The van der Waals surface area contributed by atoms with Crippen molar-refractivity contribution in [3.05, 3.63) is 366 Å². The molecular weight excluding hydrogens is 2530 g/mol. The molecule has 0 fully saturated rings. The molecule has 17 nitrogen and oxygen atoms in total. The predicted molar refractivity (Wildman–Crippen MR) is 501 cm³/mol. The molecule has 131 heavy (non-hydrogen) atoms. The molecular formula is C109H108Ir5N5O12-5. The zero-order valence-electron chi connectivity index (χ0n) is 76.2. The maximum absolute atomic E-state index is 12.4. The summed E-state index contributed by atoms with van der Waals surface area (Å²) >= 11 is 0. The van der Waals surface area contributed by atoms with Gasteiger partial charge in [-0.2, -0.15) is 0 Å². The number of ketones is 11.